The van der Waals surface area contributed by atoms with Gasteiger partial charge in [-0.2, -0.15) is 13.2 Å². The molecule has 0 radical (unpaired) electrons. The molecule has 2 aliphatic rings. The number of aromatic nitrogens is 1. The predicted octanol–water partition coefficient (Wildman–Crippen LogP) is 5.37. The molecule has 2 bridgehead atoms. The Morgan fingerprint density at radius 3 is 2.61 bits per heavy atom. The summed E-state index contributed by atoms with van der Waals surface area (Å²) < 4.78 is 47.1. The Balaban J connectivity index is 1.42. The van der Waals surface area contributed by atoms with Crippen LogP contribution in [-0.4, -0.2) is 40.8 Å². The number of carbonyl (C=O) groups excluding carboxylic acids is 1. The quantitative estimate of drug-likeness (QED) is 0.638. The molecule has 0 spiro atoms. The normalized spacial score (nSPS) is 20.7. The number of rotatable bonds is 5. The van der Waals surface area contributed by atoms with E-state index in [0.717, 1.165) is 36.0 Å². The maximum atomic E-state index is 12.8. The van der Waals surface area contributed by atoms with E-state index in [2.05, 4.69) is 9.72 Å². The molecule has 2 atom stereocenters. The molecule has 164 valence electrons. The van der Waals surface area contributed by atoms with Gasteiger partial charge in [0.1, 0.15) is 6.61 Å². The number of hydrogen-bond donors (Lipinski definition) is 0. The van der Waals surface area contributed by atoms with E-state index in [9.17, 15) is 18.0 Å². The van der Waals surface area contributed by atoms with Gasteiger partial charge in [0, 0.05) is 18.3 Å². The predicted molar refractivity (Wildman–Crippen MR) is 108 cm³/mol. The fraction of sp³-hybridized carbons (Fsp3) is 0.391. The fourth-order valence-electron chi connectivity index (χ4n) is 4.13. The van der Waals surface area contributed by atoms with E-state index in [1.165, 1.54) is 12.3 Å². The number of amides is 1. The van der Waals surface area contributed by atoms with Crippen molar-refractivity contribution in [1.29, 1.82) is 0 Å². The molecule has 3 heterocycles. The number of benzene rings is 1. The summed E-state index contributed by atoms with van der Waals surface area (Å²) in [7, 11) is 0. The van der Waals surface area contributed by atoms with Crippen LogP contribution in [0.15, 0.2) is 54.7 Å². The molecule has 1 amide bonds. The highest BCUT2D eigenvalue weighted by atomic mass is 19.4. The summed E-state index contributed by atoms with van der Waals surface area (Å²) in [4.78, 5) is 18.6. The van der Waals surface area contributed by atoms with Crippen molar-refractivity contribution in [3.63, 3.8) is 0 Å². The van der Waals surface area contributed by atoms with Gasteiger partial charge in [0.2, 0.25) is 5.88 Å². The highest BCUT2D eigenvalue weighted by Crippen LogP contribution is 2.37. The van der Waals surface area contributed by atoms with Gasteiger partial charge in [0.25, 0.3) is 0 Å². The van der Waals surface area contributed by atoms with Gasteiger partial charge in [-0.05, 0) is 48.4 Å². The highest BCUT2D eigenvalue weighted by molar-refractivity contribution is 5.74. The minimum atomic E-state index is -4.40. The van der Waals surface area contributed by atoms with Crippen LogP contribution in [0.2, 0.25) is 0 Å². The van der Waals surface area contributed by atoms with Gasteiger partial charge >= 0.3 is 12.3 Å². The number of hydrogen-bond acceptors (Lipinski definition) is 4. The smallest absolute Gasteiger partial charge is 0.422 e. The van der Waals surface area contributed by atoms with E-state index in [0.29, 0.717) is 6.42 Å². The van der Waals surface area contributed by atoms with Gasteiger partial charge < -0.3 is 9.47 Å². The molecule has 1 aromatic heterocycles. The van der Waals surface area contributed by atoms with Crippen molar-refractivity contribution in [3.05, 3.63) is 65.9 Å². The van der Waals surface area contributed by atoms with Gasteiger partial charge in [-0.25, -0.2) is 9.78 Å². The van der Waals surface area contributed by atoms with Crippen molar-refractivity contribution in [1.82, 2.24) is 9.88 Å². The lowest BCUT2D eigenvalue weighted by molar-refractivity contribution is -0.154. The first-order valence-electron chi connectivity index (χ1n) is 10.2. The van der Waals surface area contributed by atoms with Crippen molar-refractivity contribution in [3.8, 4) is 5.88 Å². The van der Waals surface area contributed by atoms with Crippen LogP contribution in [0.1, 0.15) is 36.8 Å². The van der Waals surface area contributed by atoms with Crippen LogP contribution in [0, 0.1) is 0 Å². The summed E-state index contributed by atoms with van der Waals surface area (Å²) in [6.45, 7) is -1.14. The second-order valence-electron chi connectivity index (χ2n) is 7.78. The number of fused-ring (bicyclic) bond motifs is 2. The number of ether oxygens (including phenoxy) is 2. The Kier molecular flexibility index (Phi) is 6.15. The second kappa shape index (κ2) is 8.99. The third kappa shape index (κ3) is 5.37. The lowest BCUT2D eigenvalue weighted by Gasteiger charge is -2.44. The largest absolute Gasteiger partial charge is 0.468 e. The maximum absolute atomic E-state index is 12.8. The Morgan fingerprint density at radius 1 is 1.13 bits per heavy atom. The first-order valence-corrected chi connectivity index (χ1v) is 10.2. The van der Waals surface area contributed by atoms with Crippen molar-refractivity contribution in [2.45, 2.75) is 50.6 Å². The lowest BCUT2D eigenvalue weighted by atomic mass is 9.83. The standard InChI is InChI=1S/C23H23F3N2O3/c24-23(25,26)15-31-21-10-9-17(13-27-21)18-11-19-7-4-8-20(12-18)28(19)22(29)30-14-16-5-2-1-3-6-16/h1-3,5-6,9-11,13,19-20H,4,7-8,12,14-15H2. The average molecular weight is 432 g/mol. The third-order valence-electron chi connectivity index (χ3n) is 5.54. The van der Waals surface area contributed by atoms with Crippen LogP contribution < -0.4 is 4.74 Å². The van der Waals surface area contributed by atoms with Gasteiger partial charge in [0.05, 0.1) is 6.04 Å². The summed E-state index contributed by atoms with van der Waals surface area (Å²) in [6.07, 6.45) is 2.27. The van der Waals surface area contributed by atoms with Gasteiger partial charge in [-0.15, -0.1) is 0 Å². The van der Waals surface area contributed by atoms with Crippen LogP contribution in [-0.2, 0) is 11.3 Å². The zero-order valence-electron chi connectivity index (χ0n) is 16.8. The van der Waals surface area contributed by atoms with E-state index in [4.69, 9.17) is 4.74 Å². The van der Waals surface area contributed by atoms with Gasteiger partial charge in [-0.3, -0.25) is 4.90 Å². The van der Waals surface area contributed by atoms with Crippen molar-refractivity contribution in [2.75, 3.05) is 6.61 Å². The number of alkyl halides is 3. The maximum Gasteiger partial charge on any atom is 0.422 e. The molecule has 0 saturated carbocycles. The van der Waals surface area contributed by atoms with Crippen molar-refractivity contribution >= 4 is 11.7 Å². The first kappa shape index (κ1) is 21.2. The van der Waals surface area contributed by atoms with Gasteiger partial charge in [0.15, 0.2) is 6.61 Å². The highest BCUT2D eigenvalue weighted by Gasteiger charge is 2.38. The summed E-state index contributed by atoms with van der Waals surface area (Å²) in [5.74, 6) is -0.0659. The zero-order chi connectivity index (χ0) is 21.8. The minimum Gasteiger partial charge on any atom is -0.468 e. The summed E-state index contributed by atoms with van der Waals surface area (Å²) in [6, 6.07) is 12.7. The Morgan fingerprint density at radius 2 is 1.94 bits per heavy atom. The zero-order valence-corrected chi connectivity index (χ0v) is 16.8. The SMILES string of the molecule is O=C(OCc1ccccc1)N1C2C=C(c3ccc(OCC(F)(F)F)nc3)CC1CCC2. The minimum absolute atomic E-state index is 0.0307. The van der Waals surface area contributed by atoms with Crippen LogP contribution >= 0.6 is 0 Å². The molecule has 1 fully saturated rings. The summed E-state index contributed by atoms with van der Waals surface area (Å²) in [5.41, 5.74) is 2.80. The molecular formula is C23H23F3N2O3. The number of halogens is 3. The Labute approximate surface area is 178 Å². The topological polar surface area (TPSA) is 51.7 Å². The molecule has 31 heavy (non-hydrogen) atoms. The molecule has 4 rings (SSSR count). The van der Waals surface area contributed by atoms with Gasteiger partial charge in [-0.1, -0.05) is 36.4 Å². The molecule has 2 unspecified atom stereocenters. The molecule has 0 N–H and O–H groups in total. The van der Waals surface area contributed by atoms with E-state index >= 15 is 0 Å². The second-order valence-corrected chi connectivity index (χ2v) is 7.78. The number of piperidine rings is 1. The van der Waals surface area contributed by atoms with Crippen molar-refractivity contribution < 1.29 is 27.4 Å². The molecule has 8 heteroatoms. The molecule has 0 aliphatic carbocycles. The summed E-state index contributed by atoms with van der Waals surface area (Å²) in [5, 5.41) is 0. The van der Waals surface area contributed by atoms with Crippen LogP contribution in [0.25, 0.3) is 5.57 Å². The Hall–Kier alpha value is -3.03. The number of nitrogens with zero attached hydrogens (tertiary/aromatic N) is 2. The molecule has 5 nitrogen and oxygen atoms in total. The monoisotopic (exact) mass is 432 g/mol. The molecular weight excluding hydrogens is 409 g/mol. The van der Waals surface area contributed by atoms with Crippen molar-refractivity contribution in [2.24, 2.45) is 0 Å². The molecule has 1 saturated heterocycles. The number of carbonyl (C=O) groups is 1. The molecule has 2 aromatic rings. The first-order chi connectivity index (χ1) is 14.9. The van der Waals surface area contributed by atoms with E-state index in [1.807, 2.05) is 41.3 Å². The van der Waals surface area contributed by atoms with E-state index in [-0.39, 0.29) is 30.7 Å². The van der Waals surface area contributed by atoms with E-state index in [1.54, 1.807) is 6.07 Å². The average Bonchev–Trinajstić information content (AvgIpc) is 2.76. The fourth-order valence-corrected chi connectivity index (χ4v) is 4.13. The van der Waals surface area contributed by atoms with E-state index < -0.39 is 12.8 Å². The number of pyridine rings is 1. The lowest BCUT2D eigenvalue weighted by Crippen LogP contribution is -2.51. The van der Waals surface area contributed by atoms with Crippen LogP contribution in [0.3, 0.4) is 0 Å². The van der Waals surface area contributed by atoms with Crippen LogP contribution in [0.5, 0.6) is 5.88 Å². The molecule has 2 aliphatic heterocycles. The third-order valence-corrected chi connectivity index (χ3v) is 5.54. The summed E-state index contributed by atoms with van der Waals surface area (Å²) >= 11 is 0. The molecule has 1 aromatic carbocycles. The van der Waals surface area contributed by atoms with Crippen LogP contribution in [0.4, 0.5) is 18.0 Å². The Bertz CT molecular complexity index is 929.